The van der Waals surface area contributed by atoms with Crippen LogP contribution in [-0.2, 0) is 11.2 Å². The standard InChI is InChI=1S/C12H14BrClN2O/c13-10-2-1-8(5-11(10)14)6-12(17)16-4-3-9(15)7-16/h1-2,5,9H,3-4,6-7,15H2/t9-/m1/s1. The van der Waals surface area contributed by atoms with Crippen LogP contribution < -0.4 is 5.73 Å². The van der Waals surface area contributed by atoms with Gasteiger partial charge >= 0.3 is 0 Å². The molecule has 1 atom stereocenters. The van der Waals surface area contributed by atoms with E-state index in [9.17, 15) is 4.79 Å². The molecule has 92 valence electrons. The Hall–Kier alpha value is -0.580. The fourth-order valence-corrected chi connectivity index (χ4v) is 2.40. The summed E-state index contributed by atoms with van der Waals surface area (Å²) in [7, 11) is 0. The molecule has 0 aliphatic carbocycles. The van der Waals surface area contributed by atoms with Gasteiger partial charge < -0.3 is 10.6 Å². The van der Waals surface area contributed by atoms with Gasteiger partial charge in [-0.15, -0.1) is 0 Å². The highest BCUT2D eigenvalue weighted by Gasteiger charge is 2.23. The van der Waals surface area contributed by atoms with Crippen molar-refractivity contribution in [3.05, 3.63) is 33.3 Å². The molecule has 1 aliphatic rings. The molecule has 0 aromatic heterocycles. The van der Waals surface area contributed by atoms with Crippen LogP contribution in [0.15, 0.2) is 22.7 Å². The van der Waals surface area contributed by atoms with Gasteiger partial charge in [-0.25, -0.2) is 0 Å². The third-order valence-corrected chi connectivity index (χ3v) is 4.15. The summed E-state index contributed by atoms with van der Waals surface area (Å²) in [6, 6.07) is 5.72. The molecule has 1 saturated heterocycles. The Morgan fingerprint density at radius 1 is 1.59 bits per heavy atom. The number of nitrogens with two attached hydrogens (primary N) is 1. The zero-order valence-electron chi connectivity index (χ0n) is 9.33. The summed E-state index contributed by atoms with van der Waals surface area (Å²) in [5.74, 6) is 0.122. The van der Waals surface area contributed by atoms with Crippen LogP contribution in [0.25, 0.3) is 0 Å². The van der Waals surface area contributed by atoms with Crippen LogP contribution in [0.4, 0.5) is 0 Å². The molecule has 1 aromatic rings. The number of benzene rings is 1. The minimum atomic E-state index is 0.122. The van der Waals surface area contributed by atoms with Crippen molar-refractivity contribution >= 4 is 33.4 Å². The first kappa shape index (κ1) is 12.9. The van der Waals surface area contributed by atoms with Crippen LogP contribution in [0.3, 0.4) is 0 Å². The van der Waals surface area contributed by atoms with Gasteiger partial charge in [0.1, 0.15) is 0 Å². The average molecular weight is 318 g/mol. The number of hydrogen-bond donors (Lipinski definition) is 1. The van der Waals surface area contributed by atoms with Gasteiger partial charge in [0.05, 0.1) is 11.4 Å². The minimum Gasteiger partial charge on any atom is -0.341 e. The number of likely N-dealkylation sites (tertiary alicyclic amines) is 1. The van der Waals surface area contributed by atoms with E-state index in [1.165, 1.54) is 0 Å². The molecule has 0 saturated carbocycles. The van der Waals surface area contributed by atoms with Gasteiger partial charge in [-0.3, -0.25) is 4.79 Å². The molecular formula is C12H14BrClN2O. The van der Waals surface area contributed by atoms with Crippen LogP contribution in [0.1, 0.15) is 12.0 Å². The van der Waals surface area contributed by atoms with Crippen LogP contribution in [0.2, 0.25) is 5.02 Å². The second kappa shape index (κ2) is 5.38. The first-order valence-electron chi connectivity index (χ1n) is 5.53. The lowest BCUT2D eigenvalue weighted by molar-refractivity contribution is -0.129. The summed E-state index contributed by atoms with van der Waals surface area (Å²) >= 11 is 9.31. The van der Waals surface area contributed by atoms with Gasteiger partial charge in [0.25, 0.3) is 0 Å². The van der Waals surface area contributed by atoms with Crippen LogP contribution in [-0.4, -0.2) is 29.9 Å². The van der Waals surface area contributed by atoms with Crippen LogP contribution >= 0.6 is 27.5 Å². The molecule has 0 unspecified atom stereocenters. The molecule has 1 aromatic carbocycles. The lowest BCUT2D eigenvalue weighted by atomic mass is 10.1. The molecule has 1 fully saturated rings. The van der Waals surface area contributed by atoms with E-state index in [1.807, 2.05) is 23.1 Å². The van der Waals surface area contributed by atoms with Crippen LogP contribution in [0.5, 0.6) is 0 Å². The van der Waals surface area contributed by atoms with E-state index >= 15 is 0 Å². The molecule has 2 rings (SSSR count). The third kappa shape index (κ3) is 3.21. The van der Waals surface area contributed by atoms with E-state index in [0.717, 1.165) is 23.0 Å². The maximum atomic E-state index is 12.0. The van der Waals surface area contributed by atoms with Gasteiger partial charge in [-0.05, 0) is 40.0 Å². The molecule has 1 heterocycles. The predicted octanol–water partition coefficient (Wildman–Crippen LogP) is 2.20. The number of rotatable bonds is 2. The molecule has 0 spiro atoms. The fourth-order valence-electron chi connectivity index (χ4n) is 1.95. The Labute approximate surface area is 114 Å². The monoisotopic (exact) mass is 316 g/mol. The topological polar surface area (TPSA) is 46.3 Å². The van der Waals surface area contributed by atoms with E-state index in [2.05, 4.69) is 15.9 Å². The smallest absolute Gasteiger partial charge is 0.227 e. The zero-order valence-corrected chi connectivity index (χ0v) is 11.7. The molecule has 1 aliphatic heterocycles. The maximum Gasteiger partial charge on any atom is 0.227 e. The molecule has 2 N–H and O–H groups in total. The quantitative estimate of drug-likeness (QED) is 0.909. The summed E-state index contributed by atoms with van der Waals surface area (Å²) in [6.07, 6.45) is 1.28. The van der Waals surface area contributed by atoms with Crippen molar-refractivity contribution in [2.24, 2.45) is 5.73 Å². The van der Waals surface area contributed by atoms with Crippen molar-refractivity contribution in [1.29, 1.82) is 0 Å². The Morgan fingerprint density at radius 3 is 2.94 bits per heavy atom. The maximum absolute atomic E-state index is 12.0. The number of carbonyl (C=O) groups excluding carboxylic acids is 1. The van der Waals surface area contributed by atoms with E-state index < -0.39 is 0 Å². The van der Waals surface area contributed by atoms with Gasteiger partial charge in [0, 0.05) is 23.6 Å². The molecule has 3 nitrogen and oxygen atoms in total. The van der Waals surface area contributed by atoms with E-state index in [4.69, 9.17) is 17.3 Å². The van der Waals surface area contributed by atoms with E-state index in [1.54, 1.807) is 0 Å². The molecule has 0 radical (unpaired) electrons. The van der Waals surface area contributed by atoms with Gasteiger partial charge in [0.15, 0.2) is 0 Å². The summed E-state index contributed by atoms with van der Waals surface area (Å²) in [4.78, 5) is 13.8. The first-order valence-corrected chi connectivity index (χ1v) is 6.70. The largest absolute Gasteiger partial charge is 0.341 e. The second-order valence-corrected chi connectivity index (χ2v) is 5.58. The van der Waals surface area contributed by atoms with Crippen molar-refractivity contribution in [2.45, 2.75) is 18.9 Å². The van der Waals surface area contributed by atoms with Crippen molar-refractivity contribution < 1.29 is 4.79 Å². The normalized spacial score (nSPS) is 19.7. The van der Waals surface area contributed by atoms with Crippen molar-refractivity contribution in [2.75, 3.05) is 13.1 Å². The van der Waals surface area contributed by atoms with Crippen LogP contribution in [0, 0.1) is 0 Å². The molecule has 17 heavy (non-hydrogen) atoms. The van der Waals surface area contributed by atoms with Gasteiger partial charge in [-0.1, -0.05) is 17.7 Å². The Kier molecular flexibility index (Phi) is 4.07. The van der Waals surface area contributed by atoms with Crippen molar-refractivity contribution in [3.63, 3.8) is 0 Å². The molecule has 1 amide bonds. The van der Waals surface area contributed by atoms with Crippen molar-refractivity contribution in [3.8, 4) is 0 Å². The highest BCUT2D eigenvalue weighted by Crippen LogP contribution is 2.23. The van der Waals surface area contributed by atoms with E-state index in [-0.39, 0.29) is 11.9 Å². The number of nitrogens with zero attached hydrogens (tertiary/aromatic N) is 1. The number of amides is 1. The highest BCUT2D eigenvalue weighted by molar-refractivity contribution is 9.10. The van der Waals surface area contributed by atoms with Gasteiger partial charge in [-0.2, -0.15) is 0 Å². The SMILES string of the molecule is N[C@@H]1CCN(C(=O)Cc2ccc(Br)c(Cl)c2)C1. The average Bonchev–Trinajstić information content (AvgIpc) is 2.70. The lowest BCUT2D eigenvalue weighted by Crippen LogP contribution is -2.32. The first-order chi connectivity index (χ1) is 8.06. The third-order valence-electron chi connectivity index (χ3n) is 2.92. The predicted molar refractivity (Wildman–Crippen MR) is 72.0 cm³/mol. The highest BCUT2D eigenvalue weighted by atomic mass is 79.9. The van der Waals surface area contributed by atoms with E-state index in [0.29, 0.717) is 18.0 Å². The second-order valence-electron chi connectivity index (χ2n) is 4.31. The summed E-state index contributed by atoms with van der Waals surface area (Å²) in [5.41, 5.74) is 6.71. The minimum absolute atomic E-state index is 0.122. The Bertz CT molecular complexity index is 439. The number of hydrogen-bond acceptors (Lipinski definition) is 2. The summed E-state index contributed by atoms with van der Waals surface area (Å²) < 4.78 is 0.846. The fraction of sp³-hybridized carbons (Fsp3) is 0.417. The number of carbonyl (C=O) groups is 1. The lowest BCUT2D eigenvalue weighted by Gasteiger charge is -2.15. The Morgan fingerprint density at radius 2 is 2.35 bits per heavy atom. The molecular weight excluding hydrogens is 304 g/mol. The summed E-state index contributed by atoms with van der Waals surface area (Å²) in [5, 5.41) is 0.633. The molecule has 0 bridgehead atoms. The number of halogens is 2. The zero-order chi connectivity index (χ0) is 12.4. The van der Waals surface area contributed by atoms with Gasteiger partial charge in [0.2, 0.25) is 5.91 Å². The molecule has 5 heteroatoms. The summed E-state index contributed by atoms with van der Waals surface area (Å²) in [6.45, 7) is 1.44. The van der Waals surface area contributed by atoms with Crippen molar-refractivity contribution in [1.82, 2.24) is 4.90 Å². The Balaban J connectivity index is 2.00.